The molecule has 0 bridgehead atoms. The van der Waals surface area contributed by atoms with Crippen LogP contribution in [-0.4, -0.2) is 71.4 Å². The van der Waals surface area contributed by atoms with Crippen LogP contribution in [-0.2, 0) is 14.8 Å². The molecule has 1 aliphatic heterocycles. The third-order valence-corrected chi connectivity index (χ3v) is 9.44. The molecule has 168 valence electrons. The highest BCUT2D eigenvalue weighted by Gasteiger charge is 2.27. The maximum absolute atomic E-state index is 12.6. The first-order valence-corrected chi connectivity index (χ1v) is 14.4. The van der Waals surface area contributed by atoms with Crippen molar-refractivity contribution in [3.8, 4) is 0 Å². The van der Waals surface area contributed by atoms with Gasteiger partial charge in [0.15, 0.2) is 8.68 Å². The van der Waals surface area contributed by atoms with Gasteiger partial charge in [-0.1, -0.05) is 78.5 Å². The fourth-order valence-corrected chi connectivity index (χ4v) is 7.09. The molecule has 31 heavy (non-hydrogen) atoms. The van der Waals surface area contributed by atoms with Gasteiger partial charge in [0.25, 0.3) is 0 Å². The number of amides is 1. The number of piperazine rings is 1. The van der Waals surface area contributed by atoms with Crippen molar-refractivity contribution in [2.75, 3.05) is 37.7 Å². The van der Waals surface area contributed by atoms with Crippen molar-refractivity contribution in [3.63, 3.8) is 0 Å². The van der Waals surface area contributed by atoms with Gasteiger partial charge in [-0.25, -0.2) is 8.42 Å². The molecule has 1 amide bonds. The molecule has 0 radical (unpaired) electrons. The Morgan fingerprint density at radius 1 is 1.10 bits per heavy atom. The zero-order valence-electron chi connectivity index (χ0n) is 17.3. The Bertz CT molecular complexity index is 971. The highest BCUT2D eigenvalue weighted by atomic mass is 32.2. The van der Waals surface area contributed by atoms with E-state index in [4.69, 9.17) is 0 Å². The molecule has 2 aromatic rings. The predicted molar refractivity (Wildman–Crippen MR) is 129 cm³/mol. The van der Waals surface area contributed by atoms with E-state index in [1.165, 1.54) is 32.8 Å². The van der Waals surface area contributed by atoms with E-state index < -0.39 is 10.0 Å². The first-order valence-electron chi connectivity index (χ1n) is 10.1. The van der Waals surface area contributed by atoms with Crippen molar-refractivity contribution in [1.82, 2.24) is 19.4 Å². The van der Waals surface area contributed by atoms with Crippen LogP contribution in [0.25, 0.3) is 6.08 Å². The minimum absolute atomic E-state index is 0.00254. The van der Waals surface area contributed by atoms with Crippen LogP contribution >= 0.6 is 34.9 Å². The van der Waals surface area contributed by atoms with Crippen molar-refractivity contribution < 1.29 is 13.2 Å². The molecular weight excluding hydrogens is 473 g/mol. The van der Waals surface area contributed by atoms with Gasteiger partial charge >= 0.3 is 0 Å². The van der Waals surface area contributed by atoms with Crippen molar-refractivity contribution in [2.45, 2.75) is 28.4 Å². The van der Waals surface area contributed by atoms with Gasteiger partial charge in [-0.2, -0.15) is 4.31 Å². The second-order valence-corrected chi connectivity index (χ2v) is 12.2. The van der Waals surface area contributed by atoms with E-state index in [1.54, 1.807) is 22.7 Å². The van der Waals surface area contributed by atoms with Gasteiger partial charge in [0, 0.05) is 37.3 Å². The van der Waals surface area contributed by atoms with Crippen molar-refractivity contribution >= 4 is 56.9 Å². The average molecular weight is 499 g/mol. The number of unbranched alkanes of at least 4 members (excludes halogenated alkanes) is 1. The fraction of sp³-hybridized carbons (Fsp3) is 0.450. The van der Waals surface area contributed by atoms with E-state index in [9.17, 15) is 13.2 Å². The molecular formula is C20H26N4O3S4. The number of nitrogens with zero attached hydrogens (tertiary/aromatic N) is 4. The molecule has 1 aliphatic rings. The zero-order valence-corrected chi connectivity index (χ0v) is 20.6. The molecule has 7 nitrogen and oxygen atoms in total. The molecule has 2 heterocycles. The van der Waals surface area contributed by atoms with Crippen LogP contribution in [0.3, 0.4) is 0 Å². The SMILES string of the molecule is CCCCSc1nnc(SCC(=O)N2CCN(S(=O)(=O)/C=C/c3ccccc3)CC2)s1. The van der Waals surface area contributed by atoms with E-state index in [0.29, 0.717) is 26.2 Å². The summed E-state index contributed by atoms with van der Waals surface area (Å²) in [6, 6.07) is 9.32. The Labute approximate surface area is 196 Å². The predicted octanol–water partition coefficient (Wildman–Crippen LogP) is 3.67. The summed E-state index contributed by atoms with van der Waals surface area (Å²) >= 11 is 4.61. The number of hydrogen-bond donors (Lipinski definition) is 0. The molecule has 11 heteroatoms. The molecule has 1 aromatic heterocycles. The summed E-state index contributed by atoms with van der Waals surface area (Å²) in [6.45, 7) is 3.55. The zero-order chi connectivity index (χ0) is 22.1. The number of hydrogen-bond acceptors (Lipinski definition) is 8. The Morgan fingerprint density at radius 3 is 2.45 bits per heavy atom. The van der Waals surface area contributed by atoms with Crippen LogP contribution in [0.2, 0.25) is 0 Å². The number of aromatic nitrogens is 2. The lowest BCUT2D eigenvalue weighted by Gasteiger charge is -2.33. The molecule has 0 aliphatic carbocycles. The lowest BCUT2D eigenvalue weighted by Crippen LogP contribution is -2.50. The second-order valence-electron chi connectivity index (χ2n) is 6.86. The minimum atomic E-state index is -3.50. The minimum Gasteiger partial charge on any atom is -0.339 e. The van der Waals surface area contributed by atoms with E-state index >= 15 is 0 Å². The second kappa shape index (κ2) is 12.0. The van der Waals surface area contributed by atoms with Crippen LogP contribution in [0, 0.1) is 0 Å². The molecule has 1 fully saturated rings. The number of thioether (sulfide) groups is 2. The van der Waals surface area contributed by atoms with Gasteiger partial charge in [-0.15, -0.1) is 10.2 Å². The van der Waals surface area contributed by atoms with Crippen molar-refractivity contribution in [3.05, 3.63) is 41.3 Å². The summed E-state index contributed by atoms with van der Waals surface area (Å²) in [5.74, 6) is 1.31. The van der Waals surface area contributed by atoms with Gasteiger partial charge in [0.1, 0.15) is 0 Å². The molecule has 0 spiro atoms. The first-order chi connectivity index (χ1) is 15.0. The van der Waals surface area contributed by atoms with Crippen LogP contribution in [0.5, 0.6) is 0 Å². The number of carbonyl (C=O) groups excluding carboxylic acids is 1. The third kappa shape index (κ3) is 7.60. The van der Waals surface area contributed by atoms with Crippen molar-refractivity contribution in [1.29, 1.82) is 0 Å². The summed E-state index contributed by atoms with van der Waals surface area (Å²) in [6.07, 6.45) is 3.90. The third-order valence-electron chi connectivity index (χ3n) is 4.61. The summed E-state index contributed by atoms with van der Waals surface area (Å²) in [5.41, 5.74) is 0.834. The van der Waals surface area contributed by atoms with E-state index in [2.05, 4.69) is 17.1 Å². The first kappa shape index (κ1) is 24.2. The van der Waals surface area contributed by atoms with E-state index in [0.717, 1.165) is 32.8 Å². The number of rotatable bonds is 10. The van der Waals surface area contributed by atoms with E-state index in [-0.39, 0.29) is 11.7 Å². The number of sulfonamides is 1. The van der Waals surface area contributed by atoms with Crippen LogP contribution in [0.15, 0.2) is 44.4 Å². The van der Waals surface area contributed by atoms with E-state index in [1.807, 2.05) is 30.3 Å². The summed E-state index contributed by atoms with van der Waals surface area (Å²) in [4.78, 5) is 14.3. The Balaban J connectivity index is 1.43. The van der Waals surface area contributed by atoms with Gasteiger partial charge < -0.3 is 4.90 Å². The molecule has 0 N–H and O–H groups in total. The van der Waals surface area contributed by atoms with Crippen LogP contribution < -0.4 is 0 Å². The fourth-order valence-electron chi connectivity index (χ4n) is 2.84. The highest BCUT2D eigenvalue weighted by Crippen LogP contribution is 2.29. The van der Waals surface area contributed by atoms with Crippen LogP contribution in [0.1, 0.15) is 25.3 Å². The summed E-state index contributed by atoms with van der Waals surface area (Å²) in [5, 5.41) is 9.54. The Morgan fingerprint density at radius 2 is 1.77 bits per heavy atom. The summed E-state index contributed by atoms with van der Waals surface area (Å²) < 4.78 is 28.3. The monoisotopic (exact) mass is 498 g/mol. The average Bonchev–Trinajstić information content (AvgIpc) is 3.25. The Kier molecular flexibility index (Phi) is 9.39. The number of carbonyl (C=O) groups is 1. The molecule has 1 aromatic carbocycles. The number of benzene rings is 1. The quantitative estimate of drug-likeness (QED) is 0.365. The highest BCUT2D eigenvalue weighted by molar-refractivity contribution is 8.03. The van der Waals surface area contributed by atoms with Gasteiger partial charge in [-0.3, -0.25) is 4.79 Å². The van der Waals surface area contributed by atoms with Crippen LogP contribution in [0.4, 0.5) is 0 Å². The molecule has 0 unspecified atom stereocenters. The van der Waals surface area contributed by atoms with Gasteiger partial charge in [0.05, 0.1) is 5.75 Å². The maximum atomic E-state index is 12.6. The lowest BCUT2D eigenvalue weighted by molar-refractivity contribution is -0.129. The topological polar surface area (TPSA) is 83.5 Å². The maximum Gasteiger partial charge on any atom is 0.236 e. The normalized spacial score (nSPS) is 15.6. The standard InChI is InChI=1S/C20H26N4O3S4/c1-2-3-14-28-19-21-22-20(30-19)29-16-18(25)23-10-12-24(13-11-23)31(26,27)15-9-17-7-5-4-6-8-17/h4-9,15H,2-3,10-14,16H2,1H3/b15-9+. The van der Waals surface area contributed by atoms with Gasteiger partial charge in [-0.05, 0) is 18.1 Å². The Hall–Kier alpha value is -1.40. The lowest BCUT2D eigenvalue weighted by atomic mass is 10.2. The molecule has 0 saturated carbocycles. The smallest absolute Gasteiger partial charge is 0.236 e. The largest absolute Gasteiger partial charge is 0.339 e. The molecule has 3 rings (SSSR count). The molecule has 1 saturated heterocycles. The summed E-state index contributed by atoms with van der Waals surface area (Å²) in [7, 11) is -3.50. The van der Waals surface area contributed by atoms with Crippen molar-refractivity contribution in [2.24, 2.45) is 0 Å². The van der Waals surface area contributed by atoms with Gasteiger partial charge in [0.2, 0.25) is 15.9 Å². The molecule has 0 atom stereocenters.